The second-order valence-corrected chi connectivity index (χ2v) is 5.80. The van der Waals surface area contributed by atoms with Gasteiger partial charge in [0.2, 0.25) is 0 Å². The van der Waals surface area contributed by atoms with E-state index in [0.717, 1.165) is 31.7 Å². The van der Waals surface area contributed by atoms with Gasteiger partial charge in [-0.2, -0.15) is 5.10 Å². The van der Waals surface area contributed by atoms with Gasteiger partial charge in [0, 0.05) is 37.9 Å². The van der Waals surface area contributed by atoms with Gasteiger partial charge in [-0.15, -0.1) is 0 Å². The van der Waals surface area contributed by atoms with Crippen LogP contribution in [0.4, 0.5) is 0 Å². The Kier molecular flexibility index (Phi) is 4.76. The second-order valence-electron chi connectivity index (χ2n) is 5.80. The Labute approximate surface area is 135 Å². The monoisotopic (exact) mass is 318 g/mol. The quantitative estimate of drug-likeness (QED) is 0.913. The Balaban J connectivity index is 1.66. The van der Waals surface area contributed by atoms with E-state index in [1.807, 2.05) is 10.7 Å². The van der Waals surface area contributed by atoms with E-state index in [9.17, 15) is 4.79 Å². The van der Waals surface area contributed by atoms with Gasteiger partial charge in [0.15, 0.2) is 5.69 Å². The van der Waals surface area contributed by atoms with Crippen molar-refractivity contribution in [3.05, 3.63) is 35.5 Å². The first-order valence-electron chi connectivity index (χ1n) is 8.04. The zero-order valence-corrected chi connectivity index (χ0v) is 13.5. The van der Waals surface area contributed by atoms with Crippen LogP contribution in [0.3, 0.4) is 0 Å². The topological polar surface area (TPSA) is 82.2 Å². The van der Waals surface area contributed by atoms with Crippen LogP contribution < -0.4 is 5.32 Å². The van der Waals surface area contributed by atoms with Gasteiger partial charge in [-0.05, 0) is 32.8 Å². The standard InChI is InChI=1S/C16H22N4O3/c1-3-20-14(6-7-18-20)15-12(5-4-8-22-15)10-17-16(21)13-9-11(2)23-19-13/h6-7,9,12,15H,3-5,8,10H2,1-2H3,(H,17,21)/t12-,15+/m0/s1. The lowest BCUT2D eigenvalue weighted by molar-refractivity contribution is -0.0321. The highest BCUT2D eigenvalue weighted by atomic mass is 16.5. The summed E-state index contributed by atoms with van der Waals surface area (Å²) in [6, 6.07) is 3.63. The molecule has 2 aromatic heterocycles. The Hall–Kier alpha value is -2.15. The smallest absolute Gasteiger partial charge is 0.273 e. The lowest BCUT2D eigenvalue weighted by atomic mass is 9.92. The first-order chi connectivity index (χ1) is 11.2. The summed E-state index contributed by atoms with van der Waals surface area (Å²) in [4.78, 5) is 12.1. The molecule has 0 aliphatic carbocycles. The summed E-state index contributed by atoms with van der Waals surface area (Å²) in [7, 11) is 0. The number of hydrogen-bond donors (Lipinski definition) is 1. The summed E-state index contributed by atoms with van der Waals surface area (Å²) in [5.74, 6) is 0.638. The highest BCUT2D eigenvalue weighted by molar-refractivity contribution is 5.92. The van der Waals surface area contributed by atoms with Crippen LogP contribution in [0.2, 0.25) is 0 Å². The van der Waals surface area contributed by atoms with E-state index < -0.39 is 0 Å². The zero-order valence-electron chi connectivity index (χ0n) is 13.5. The Morgan fingerprint density at radius 2 is 2.39 bits per heavy atom. The molecule has 3 rings (SSSR count). The third-order valence-electron chi connectivity index (χ3n) is 4.17. The molecule has 0 unspecified atom stereocenters. The van der Waals surface area contributed by atoms with Crippen LogP contribution in [-0.4, -0.2) is 34.0 Å². The second kappa shape index (κ2) is 6.95. The number of aryl methyl sites for hydroxylation is 2. The predicted octanol–water partition coefficient (Wildman–Crippen LogP) is 2.10. The highest BCUT2D eigenvalue weighted by Crippen LogP contribution is 2.33. The lowest BCUT2D eigenvalue weighted by Gasteiger charge is -2.32. The molecule has 7 nitrogen and oxygen atoms in total. The van der Waals surface area contributed by atoms with E-state index in [1.54, 1.807) is 19.2 Å². The maximum absolute atomic E-state index is 12.1. The van der Waals surface area contributed by atoms with Gasteiger partial charge in [0.05, 0.1) is 5.69 Å². The van der Waals surface area contributed by atoms with Crippen molar-refractivity contribution >= 4 is 5.91 Å². The van der Waals surface area contributed by atoms with Crippen LogP contribution in [0.25, 0.3) is 0 Å². The van der Waals surface area contributed by atoms with Gasteiger partial charge in [-0.3, -0.25) is 9.48 Å². The van der Waals surface area contributed by atoms with E-state index in [2.05, 4.69) is 22.5 Å². The number of ether oxygens (including phenoxy) is 1. The molecule has 7 heteroatoms. The Morgan fingerprint density at radius 3 is 3.13 bits per heavy atom. The third kappa shape index (κ3) is 3.44. The molecule has 1 N–H and O–H groups in total. The van der Waals surface area contributed by atoms with Crippen molar-refractivity contribution < 1.29 is 14.1 Å². The maximum atomic E-state index is 12.1. The minimum Gasteiger partial charge on any atom is -0.372 e. The van der Waals surface area contributed by atoms with Gasteiger partial charge in [-0.1, -0.05) is 5.16 Å². The fraction of sp³-hybridized carbons (Fsp3) is 0.562. The number of nitrogens with one attached hydrogen (secondary N) is 1. The molecule has 124 valence electrons. The van der Waals surface area contributed by atoms with Crippen molar-refractivity contribution in [2.45, 2.75) is 39.3 Å². The Bertz CT molecular complexity index is 664. The van der Waals surface area contributed by atoms with Crippen molar-refractivity contribution in [1.82, 2.24) is 20.3 Å². The molecule has 0 saturated carbocycles. The van der Waals surface area contributed by atoms with Gasteiger partial charge in [0.1, 0.15) is 11.9 Å². The van der Waals surface area contributed by atoms with Crippen LogP contribution in [0.5, 0.6) is 0 Å². The number of rotatable bonds is 5. The van der Waals surface area contributed by atoms with Crippen LogP contribution in [0.15, 0.2) is 22.9 Å². The normalized spacial score (nSPS) is 21.3. The summed E-state index contributed by atoms with van der Waals surface area (Å²) in [6.07, 6.45) is 3.77. The lowest BCUT2D eigenvalue weighted by Crippen LogP contribution is -2.36. The van der Waals surface area contributed by atoms with Crippen LogP contribution in [0, 0.1) is 12.8 Å². The molecule has 3 heterocycles. The summed E-state index contributed by atoms with van der Waals surface area (Å²) in [5.41, 5.74) is 1.39. The number of carbonyl (C=O) groups excluding carboxylic acids is 1. The molecule has 0 bridgehead atoms. The zero-order chi connectivity index (χ0) is 16.2. The van der Waals surface area contributed by atoms with E-state index in [4.69, 9.17) is 9.26 Å². The summed E-state index contributed by atoms with van der Waals surface area (Å²) < 4.78 is 12.9. The molecule has 23 heavy (non-hydrogen) atoms. The molecular formula is C16H22N4O3. The van der Waals surface area contributed by atoms with E-state index in [0.29, 0.717) is 18.0 Å². The molecular weight excluding hydrogens is 296 g/mol. The highest BCUT2D eigenvalue weighted by Gasteiger charge is 2.30. The minimum atomic E-state index is -0.213. The van der Waals surface area contributed by atoms with Crippen molar-refractivity contribution in [3.63, 3.8) is 0 Å². The molecule has 0 aromatic carbocycles. The molecule has 1 aliphatic rings. The fourth-order valence-corrected chi connectivity index (χ4v) is 3.02. The van der Waals surface area contributed by atoms with Crippen LogP contribution in [0.1, 0.15) is 47.8 Å². The van der Waals surface area contributed by atoms with Gasteiger partial charge >= 0.3 is 0 Å². The van der Waals surface area contributed by atoms with E-state index in [-0.39, 0.29) is 17.9 Å². The van der Waals surface area contributed by atoms with Crippen molar-refractivity contribution in [3.8, 4) is 0 Å². The first kappa shape index (κ1) is 15.7. The summed E-state index contributed by atoms with van der Waals surface area (Å²) in [6.45, 7) is 5.92. The van der Waals surface area contributed by atoms with Gasteiger partial charge in [0.25, 0.3) is 5.91 Å². The number of nitrogens with zero attached hydrogens (tertiary/aromatic N) is 3. The van der Waals surface area contributed by atoms with Gasteiger partial charge in [-0.25, -0.2) is 0 Å². The number of hydrogen-bond acceptors (Lipinski definition) is 5. The SMILES string of the molecule is CCn1nccc1[C@@H]1OCCC[C@H]1CNC(=O)c1cc(C)on1. The van der Waals surface area contributed by atoms with Gasteiger partial charge < -0.3 is 14.6 Å². The largest absolute Gasteiger partial charge is 0.372 e. The van der Waals surface area contributed by atoms with Crippen LogP contribution >= 0.6 is 0 Å². The number of amides is 1. The molecule has 1 fully saturated rings. The predicted molar refractivity (Wildman–Crippen MR) is 82.9 cm³/mol. The molecule has 0 radical (unpaired) electrons. The average molecular weight is 318 g/mol. The number of aromatic nitrogens is 3. The summed E-state index contributed by atoms with van der Waals surface area (Å²) in [5, 5.41) is 11.0. The maximum Gasteiger partial charge on any atom is 0.273 e. The van der Waals surface area contributed by atoms with Crippen molar-refractivity contribution in [1.29, 1.82) is 0 Å². The molecule has 1 saturated heterocycles. The van der Waals surface area contributed by atoms with E-state index in [1.165, 1.54) is 0 Å². The molecule has 1 amide bonds. The Morgan fingerprint density at radius 1 is 1.52 bits per heavy atom. The molecule has 2 aromatic rings. The molecule has 2 atom stereocenters. The summed E-state index contributed by atoms with van der Waals surface area (Å²) >= 11 is 0. The van der Waals surface area contributed by atoms with Crippen molar-refractivity contribution in [2.75, 3.05) is 13.2 Å². The fourth-order valence-electron chi connectivity index (χ4n) is 3.02. The molecule has 1 aliphatic heterocycles. The first-order valence-corrected chi connectivity index (χ1v) is 8.04. The van der Waals surface area contributed by atoms with Crippen molar-refractivity contribution in [2.24, 2.45) is 5.92 Å². The number of carbonyl (C=O) groups is 1. The average Bonchev–Trinajstić information content (AvgIpc) is 3.21. The third-order valence-corrected chi connectivity index (χ3v) is 4.17. The molecule has 0 spiro atoms. The van der Waals surface area contributed by atoms with E-state index >= 15 is 0 Å². The minimum absolute atomic E-state index is 0.0365. The van der Waals surface area contributed by atoms with Crippen LogP contribution in [-0.2, 0) is 11.3 Å².